The van der Waals surface area contributed by atoms with E-state index in [1.807, 2.05) is 0 Å². The Morgan fingerprint density at radius 3 is 2.45 bits per heavy atom. The maximum absolute atomic E-state index is 13.9. The average Bonchev–Trinajstić information content (AvgIpc) is 2.63. The van der Waals surface area contributed by atoms with Gasteiger partial charge in [0.25, 0.3) is 5.91 Å². The molecule has 1 aliphatic rings. The van der Waals surface area contributed by atoms with E-state index in [4.69, 9.17) is 16.3 Å². The molecule has 0 atom stereocenters. The summed E-state index contributed by atoms with van der Waals surface area (Å²) in [5, 5.41) is 5.27. The van der Waals surface area contributed by atoms with Crippen molar-refractivity contribution in [3.63, 3.8) is 0 Å². The van der Waals surface area contributed by atoms with Gasteiger partial charge in [0.05, 0.1) is 17.1 Å². The molecule has 0 bridgehead atoms. The Balaban J connectivity index is 1.72. The first-order valence-electron chi connectivity index (χ1n) is 9.53. The second-order valence-electron chi connectivity index (χ2n) is 7.99. The van der Waals surface area contributed by atoms with E-state index in [-0.39, 0.29) is 29.0 Å². The van der Waals surface area contributed by atoms with Crippen LogP contribution in [0.2, 0.25) is 5.02 Å². The molecular formula is C20H27ClFN3O4. The van der Waals surface area contributed by atoms with Crippen LogP contribution in [0, 0.1) is 11.7 Å². The van der Waals surface area contributed by atoms with Gasteiger partial charge in [0.2, 0.25) is 5.91 Å². The highest BCUT2D eigenvalue weighted by molar-refractivity contribution is 6.33. The van der Waals surface area contributed by atoms with Crippen molar-refractivity contribution in [1.29, 1.82) is 0 Å². The highest BCUT2D eigenvalue weighted by atomic mass is 35.5. The van der Waals surface area contributed by atoms with Crippen molar-refractivity contribution in [3.8, 4) is 0 Å². The van der Waals surface area contributed by atoms with Gasteiger partial charge in [-0.15, -0.1) is 0 Å². The van der Waals surface area contributed by atoms with Gasteiger partial charge in [0.1, 0.15) is 11.4 Å². The number of nitrogens with zero attached hydrogens (tertiary/aromatic N) is 1. The Labute approximate surface area is 174 Å². The van der Waals surface area contributed by atoms with Crippen molar-refractivity contribution in [2.75, 3.05) is 26.2 Å². The largest absolute Gasteiger partial charge is 0.444 e. The van der Waals surface area contributed by atoms with Gasteiger partial charge in [0, 0.05) is 19.6 Å². The second kappa shape index (κ2) is 9.91. The van der Waals surface area contributed by atoms with Crippen molar-refractivity contribution in [1.82, 2.24) is 15.5 Å². The predicted molar refractivity (Wildman–Crippen MR) is 107 cm³/mol. The SMILES string of the molecule is CC(C)(C)OC(=O)NCC(=O)NCC1CCN(C(=O)c2c(F)cccc2Cl)CC1. The van der Waals surface area contributed by atoms with E-state index >= 15 is 0 Å². The lowest BCUT2D eigenvalue weighted by molar-refractivity contribution is -0.120. The number of likely N-dealkylation sites (tertiary alicyclic amines) is 1. The minimum Gasteiger partial charge on any atom is -0.444 e. The maximum atomic E-state index is 13.9. The smallest absolute Gasteiger partial charge is 0.408 e. The Morgan fingerprint density at radius 2 is 1.86 bits per heavy atom. The van der Waals surface area contributed by atoms with Crippen molar-refractivity contribution in [2.45, 2.75) is 39.2 Å². The first-order valence-corrected chi connectivity index (χ1v) is 9.91. The zero-order chi connectivity index (χ0) is 21.6. The fraction of sp³-hybridized carbons (Fsp3) is 0.550. The fourth-order valence-corrected chi connectivity index (χ4v) is 3.23. The molecule has 2 N–H and O–H groups in total. The van der Waals surface area contributed by atoms with Crippen LogP contribution < -0.4 is 10.6 Å². The third-order valence-corrected chi connectivity index (χ3v) is 4.77. The monoisotopic (exact) mass is 427 g/mol. The average molecular weight is 428 g/mol. The topological polar surface area (TPSA) is 87.7 Å². The number of halogens is 2. The molecule has 2 rings (SSSR count). The van der Waals surface area contributed by atoms with Gasteiger partial charge >= 0.3 is 6.09 Å². The number of piperidine rings is 1. The third kappa shape index (κ3) is 7.20. The Morgan fingerprint density at radius 1 is 1.21 bits per heavy atom. The van der Waals surface area contributed by atoms with Crippen LogP contribution in [0.5, 0.6) is 0 Å². The van der Waals surface area contributed by atoms with Crippen molar-refractivity contribution in [2.24, 2.45) is 5.92 Å². The normalized spacial score (nSPS) is 15.0. The van der Waals surface area contributed by atoms with Gasteiger partial charge in [-0.1, -0.05) is 17.7 Å². The van der Waals surface area contributed by atoms with Crippen molar-refractivity contribution < 1.29 is 23.5 Å². The molecule has 0 radical (unpaired) electrons. The molecule has 29 heavy (non-hydrogen) atoms. The number of nitrogens with one attached hydrogen (secondary N) is 2. The molecule has 1 saturated heterocycles. The molecule has 9 heteroatoms. The number of carbonyl (C=O) groups excluding carboxylic acids is 3. The number of carbonyl (C=O) groups is 3. The van der Waals surface area contributed by atoms with Crippen molar-refractivity contribution >= 4 is 29.5 Å². The summed E-state index contributed by atoms with van der Waals surface area (Å²) in [5.74, 6) is -1.17. The van der Waals surface area contributed by atoms with E-state index in [1.54, 1.807) is 25.7 Å². The molecule has 1 aromatic carbocycles. The van der Waals surface area contributed by atoms with Gasteiger partial charge in [-0.05, 0) is 51.7 Å². The molecule has 160 valence electrons. The Hall–Kier alpha value is -2.35. The number of amides is 3. The fourth-order valence-electron chi connectivity index (χ4n) is 2.99. The van der Waals surface area contributed by atoms with Crippen molar-refractivity contribution in [3.05, 3.63) is 34.6 Å². The first-order chi connectivity index (χ1) is 13.6. The molecule has 1 aliphatic heterocycles. The summed E-state index contributed by atoms with van der Waals surface area (Å²) in [4.78, 5) is 37.6. The second-order valence-corrected chi connectivity index (χ2v) is 8.40. The highest BCUT2D eigenvalue weighted by Gasteiger charge is 2.27. The molecule has 0 aromatic heterocycles. The number of rotatable bonds is 5. The summed E-state index contributed by atoms with van der Waals surface area (Å²) in [6, 6.07) is 4.17. The maximum Gasteiger partial charge on any atom is 0.408 e. The summed E-state index contributed by atoms with van der Waals surface area (Å²) < 4.78 is 19.0. The zero-order valence-corrected chi connectivity index (χ0v) is 17.6. The molecule has 7 nitrogen and oxygen atoms in total. The number of benzene rings is 1. The minimum absolute atomic E-state index is 0.0990. The molecule has 1 heterocycles. The lowest BCUT2D eigenvalue weighted by atomic mass is 9.96. The van der Waals surface area contributed by atoms with E-state index in [0.29, 0.717) is 32.5 Å². The number of ether oxygens (including phenoxy) is 1. The summed E-state index contributed by atoms with van der Waals surface area (Å²) in [6.07, 6.45) is 0.709. The minimum atomic E-state index is -0.647. The standard InChI is InChI=1S/C20H27ClFN3O4/c1-20(2,3)29-19(28)24-12-16(26)23-11-13-7-9-25(10-8-13)18(27)17-14(21)5-4-6-15(17)22/h4-6,13H,7-12H2,1-3H3,(H,23,26)(H,24,28). The number of hydrogen-bond acceptors (Lipinski definition) is 4. The van der Waals surface area contributed by atoms with E-state index in [9.17, 15) is 18.8 Å². The summed E-state index contributed by atoms with van der Waals surface area (Å²) >= 11 is 5.97. The Bertz CT molecular complexity index is 738. The van der Waals surface area contributed by atoms with E-state index < -0.39 is 23.4 Å². The predicted octanol–water partition coefficient (Wildman–Crippen LogP) is 2.97. The van der Waals surface area contributed by atoms with Crippen LogP contribution in [0.15, 0.2) is 18.2 Å². The number of alkyl carbamates (subject to hydrolysis) is 1. The zero-order valence-electron chi connectivity index (χ0n) is 16.9. The molecule has 0 spiro atoms. The summed E-state index contributed by atoms with van der Waals surface area (Å²) in [5.41, 5.74) is -0.729. The number of hydrogen-bond donors (Lipinski definition) is 2. The van der Waals surface area contributed by atoms with E-state index in [1.165, 1.54) is 18.2 Å². The highest BCUT2D eigenvalue weighted by Crippen LogP contribution is 2.24. The van der Waals surface area contributed by atoms with Crippen LogP contribution in [0.25, 0.3) is 0 Å². The summed E-state index contributed by atoms with van der Waals surface area (Å²) in [7, 11) is 0. The molecule has 0 unspecified atom stereocenters. The van der Waals surface area contributed by atoms with Gasteiger partial charge in [-0.3, -0.25) is 9.59 Å². The van der Waals surface area contributed by atoms with Crippen LogP contribution in [0.1, 0.15) is 44.0 Å². The Kier molecular flexibility index (Phi) is 7.84. The van der Waals surface area contributed by atoms with E-state index in [2.05, 4.69) is 10.6 Å². The van der Waals surface area contributed by atoms with Gasteiger partial charge in [0.15, 0.2) is 0 Å². The van der Waals surface area contributed by atoms with Gasteiger partial charge in [-0.2, -0.15) is 0 Å². The molecular weight excluding hydrogens is 401 g/mol. The summed E-state index contributed by atoms with van der Waals surface area (Å²) in [6.45, 7) is 6.41. The van der Waals surface area contributed by atoms with Gasteiger partial charge in [-0.25, -0.2) is 9.18 Å². The first kappa shape index (κ1) is 22.9. The molecule has 1 aromatic rings. The van der Waals surface area contributed by atoms with E-state index in [0.717, 1.165) is 0 Å². The van der Waals surface area contributed by atoms with Crippen LogP contribution in [0.3, 0.4) is 0 Å². The molecule has 3 amide bonds. The third-order valence-electron chi connectivity index (χ3n) is 4.46. The molecule has 1 fully saturated rings. The van der Waals surface area contributed by atoms with Crippen LogP contribution in [-0.2, 0) is 9.53 Å². The van der Waals surface area contributed by atoms with Crippen LogP contribution in [-0.4, -0.2) is 54.6 Å². The molecule has 0 saturated carbocycles. The van der Waals surface area contributed by atoms with Gasteiger partial charge < -0.3 is 20.3 Å². The molecule has 0 aliphatic carbocycles. The quantitative estimate of drug-likeness (QED) is 0.756. The lowest BCUT2D eigenvalue weighted by Gasteiger charge is -2.32. The van der Waals surface area contributed by atoms with Crippen LogP contribution in [0.4, 0.5) is 9.18 Å². The lowest BCUT2D eigenvalue weighted by Crippen LogP contribution is -2.44. The van der Waals surface area contributed by atoms with Crippen LogP contribution >= 0.6 is 11.6 Å².